The maximum Gasteiger partial charge on any atom is 0.251 e. The fraction of sp³-hybridized carbons (Fsp3) is 0.238. The van der Waals surface area contributed by atoms with Crippen molar-refractivity contribution in [1.82, 2.24) is 10.3 Å². The average Bonchev–Trinajstić information content (AvgIpc) is 3.11. The Morgan fingerprint density at radius 2 is 1.92 bits per heavy atom. The summed E-state index contributed by atoms with van der Waals surface area (Å²) in [5.74, 6) is -0.188. The summed E-state index contributed by atoms with van der Waals surface area (Å²) in [6.07, 6.45) is 1.61. The van der Waals surface area contributed by atoms with Crippen LogP contribution in [0.1, 0.15) is 35.5 Å². The third-order valence-corrected chi connectivity index (χ3v) is 4.21. The van der Waals surface area contributed by atoms with Gasteiger partial charge >= 0.3 is 0 Å². The fourth-order valence-electron chi connectivity index (χ4n) is 2.66. The number of benzene rings is 2. The normalized spacial score (nSPS) is 11.4. The van der Waals surface area contributed by atoms with E-state index in [1.165, 1.54) is 12.1 Å². The highest BCUT2D eigenvalue weighted by molar-refractivity contribution is 5.94. The Morgan fingerprint density at radius 3 is 2.62 bits per heavy atom. The quantitative estimate of drug-likeness (QED) is 0.736. The van der Waals surface area contributed by atoms with Crippen molar-refractivity contribution in [3.8, 4) is 11.5 Å². The molecule has 0 unspecified atom stereocenters. The van der Waals surface area contributed by atoms with E-state index < -0.39 is 11.2 Å². The molecule has 0 aliphatic heterocycles. The van der Waals surface area contributed by atoms with Crippen molar-refractivity contribution in [1.29, 1.82) is 0 Å². The number of carbonyl (C=O) groups is 1. The summed E-state index contributed by atoms with van der Waals surface area (Å²) in [4.78, 5) is 16.9. The van der Waals surface area contributed by atoms with Crippen LogP contribution in [0.3, 0.4) is 0 Å². The number of oxazole rings is 1. The zero-order chi connectivity index (χ0) is 18.7. The van der Waals surface area contributed by atoms with Crippen LogP contribution >= 0.6 is 0 Å². The third-order valence-electron chi connectivity index (χ3n) is 4.21. The molecule has 0 bridgehead atoms. The molecule has 5 heteroatoms. The number of amides is 1. The number of aromatic nitrogens is 1. The van der Waals surface area contributed by atoms with Crippen LogP contribution in [0.15, 0.2) is 59.2 Å². The summed E-state index contributed by atoms with van der Waals surface area (Å²) in [6, 6.07) is 13.9. The van der Waals surface area contributed by atoms with Gasteiger partial charge in [-0.25, -0.2) is 9.37 Å². The molecule has 0 aliphatic carbocycles. The van der Waals surface area contributed by atoms with Gasteiger partial charge in [0.2, 0.25) is 5.89 Å². The predicted molar refractivity (Wildman–Crippen MR) is 98.4 cm³/mol. The summed E-state index contributed by atoms with van der Waals surface area (Å²) < 4.78 is 19.1. The molecule has 0 spiro atoms. The first-order chi connectivity index (χ1) is 12.3. The average molecular weight is 352 g/mol. The lowest BCUT2D eigenvalue weighted by Crippen LogP contribution is -2.37. The molecule has 1 amide bonds. The summed E-state index contributed by atoms with van der Waals surface area (Å²) in [6.45, 7) is 6.04. The molecule has 0 saturated carbocycles. The lowest BCUT2D eigenvalue weighted by Gasteiger charge is -2.22. The molecule has 1 heterocycles. The van der Waals surface area contributed by atoms with Crippen molar-refractivity contribution in [2.24, 2.45) is 0 Å². The van der Waals surface area contributed by atoms with Gasteiger partial charge in [-0.3, -0.25) is 4.79 Å². The minimum Gasteiger partial charge on any atom is -0.444 e. The summed E-state index contributed by atoms with van der Waals surface area (Å²) in [7, 11) is 0. The van der Waals surface area contributed by atoms with Crippen molar-refractivity contribution in [3.05, 3.63) is 77.4 Å². The monoisotopic (exact) mass is 352 g/mol. The number of rotatable bonds is 5. The Bertz CT molecular complexity index is 897. The molecule has 0 fully saturated rings. The molecule has 3 rings (SSSR count). The molecule has 2 aromatic carbocycles. The van der Waals surface area contributed by atoms with Crippen molar-refractivity contribution < 1.29 is 13.6 Å². The lowest BCUT2D eigenvalue weighted by molar-refractivity contribution is 0.0945. The van der Waals surface area contributed by atoms with E-state index in [1.807, 2.05) is 44.2 Å². The Morgan fingerprint density at radius 1 is 1.19 bits per heavy atom. The van der Waals surface area contributed by atoms with Crippen LogP contribution in [0.2, 0.25) is 0 Å². The smallest absolute Gasteiger partial charge is 0.251 e. The van der Waals surface area contributed by atoms with Gasteiger partial charge in [-0.1, -0.05) is 32.0 Å². The van der Waals surface area contributed by atoms with Gasteiger partial charge in [-0.2, -0.15) is 0 Å². The van der Waals surface area contributed by atoms with Crippen molar-refractivity contribution >= 4 is 5.91 Å². The number of hydrogen-bond acceptors (Lipinski definition) is 3. The van der Waals surface area contributed by atoms with Gasteiger partial charge in [0, 0.05) is 23.1 Å². The molecule has 3 aromatic rings. The summed E-state index contributed by atoms with van der Waals surface area (Å²) >= 11 is 0. The third kappa shape index (κ3) is 3.99. The highest BCUT2D eigenvalue weighted by atomic mass is 19.1. The second kappa shape index (κ2) is 7.12. The largest absolute Gasteiger partial charge is 0.444 e. The number of halogens is 1. The Labute approximate surface area is 152 Å². The fourth-order valence-corrected chi connectivity index (χ4v) is 2.66. The molecule has 0 saturated heterocycles. The first-order valence-corrected chi connectivity index (χ1v) is 8.42. The molecule has 4 nitrogen and oxygen atoms in total. The molecule has 0 atom stereocenters. The van der Waals surface area contributed by atoms with Gasteiger partial charge in [0.25, 0.3) is 5.91 Å². The van der Waals surface area contributed by atoms with Crippen LogP contribution in [0.4, 0.5) is 4.39 Å². The van der Waals surface area contributed by atoms with Crippen molar-refractivity contribution in [3.63, 3.8) is 0 Å². The van der Waals surface area contributed by atoms with E-state index in [9.17, 15) is 9.18 Å². The molecule has 26 heavy (non-hydrogen) atoms. The van der Waals surface area contributed by atoms with Crippen LogP contribution in [0, 0.1) is 12.7 Å². The van der Waals surface area contributed by atoms with Gasteiger partial charge in [0.05, 0.1) is 5.69 Å². The second-order valence-electron chi connectivity index (χ2n) is 6.99. The first-order valence-electron chi connectivity index (χ1n) is 8.42. The standard InChI is InChI=1S/C21H21FN2O2/c1-14-9-16(11-17(22)10-14)19(25)23-13-21(2,3)18-12-26-20(24-18)15-7-5-4-6-8-15/h4-12H,13H2,1-3H3,(H,23,25). The summed E-state index contributed by atoms with van der Waals surface area (Å²) in [5.41, 5.74) is 2.22. The molecular formula is C21H21FN2O2. The van der Waals surface area contributed by atoms with E-state index >= 15 is 0 Å². The molecule has 134 valence electrons. The number of carbonyl (C=O) groups excluding carboxylic acids is 1. The van der Waals surface area contributed by atoms with Crippen LogP contribution < -0.4 is 5.32 Å². The lowest BCUT2D eigenvalue weighted by atomic mass is 9.90. The highest BCUT2D eigenvalue weighted by Gasteiger charge is 2.26. The summed E-state index contributed by atoms with van der Waals surface area (Å²) in [5, 5.41) is 2.85. The maximum absolute atomic E-state index is 13.5. The topological polar surface area (TPSA) is 55.1 Å². The van der Waals surface area contributed by atoms with Crippen LogP contribution in [-0.2, 0) is 5.41 Å². The van der Waals surface area contributed by atoms with Crippen molar-refractivity contribution in [2.45, 2.75) is 26.2 Å². The van der Waals surface area contributed by atoms with E-state index in [0.717, 1.165) is 11.3 Å². The van der Waals surface area contributed by atoms with E-state index in [1.54, 1.807) is 19.3 Å². The second-order valence-corrected chi connectivity index (χ2v) is 6.99. The molecular weight excluding hydrogens is 331 g/mol. The van der Waals surface area contributed by atoms with Gasteiger partial charge in [0.1, 0.15) is 12.1 Å². The maximum atomic E-state index is 13.5. The SMILES string of the molecule is Cc1cc(F)cc(C(=O)NCC(C)(C)c2coc(-c3ccccc3)n2)c1. The highest BCUT2D eigenvalue weighted by Crippen LogP contribution is 2.26. The number of nitrogens with zero attached hydrogens (tertiary/aromatic N) is 1. The first kappa shape index (κ1) is 17.9. The Balaban J connectivity index is 1.71. The Kier molecular flexibility index (Phi) is 4.89. The minimum absolute atomic E-state index is 0.309. The van der Waals surface area contributed by atoms with E-state index in [0.29, 0.717) is 23.6 Å². The predicted octanol–water partition coefficient (Wildman–Crippen LogP) is 4.50. The number of aryl methyl sites for hydroxylation is 1. The van der Waals surface area contributed by atoms with E-state index in [2.05, 4.69) is 10.3 Å². The van der Waals surface area contributed by atoms with Crippen molar-refractivity contribution in [2.75, 3.05) is 6.54 Å². The molecule has 0 aliphatic rings. The van der Waals surface area contributed by atoms with Gasteiger partial charge in [-0.05, 0) is 42.8 Å². The van der Waals surface area contributed by atoms with Gasteiger partial charge in [-0.15, -0.1) is 0 Å². The van der Waals surface area contributed by atoms with E-state index in [4.69, 9.17) is 4.42 Å². The zero-order valence-corrected chi connectivity index (χ0v) is 15.0. The molecule has 0 radical (unpaired) electrons. The van der Waals surface area contributed by atoms with Crippen LogP contribution in [0.25, 0.3) is 11.5 Å². The number of hydrogen-bond donors (Lipinski definition) is 1. The molecule has 1 aromatic heterocycles. The zero-order valence-electron chi connectivity index (χ0n) is 15.0. The van der Waals surface area contributed by atoms with Gasteiger partial charge in [0.15, 0.2) is 0 Å². The van der Waals surface area contributed by atoms with E-state index in [-0.39, 0.29) is 5.91 Å². The van der Waals surface area contributed by atoms with Crippen LogP contribution in [0.5, 0.6) is 0 Å². The Hall–Kier alpha value is -2.95. The molecule has 1 N–H and O–H groups in total. The van der Waals surface area contributed by atoms with Crippen LogP contribution in [-0.4, -0.2) is 17.4 Å². The number of nitrogens with one attached hydrogen (secondary N) is 1. The van der Waals surface area contributed by atoms with Gasteiger partial charge < -0.3 is 9.73 Å². The minimum atomic E-state index is -0.436.